The van der Waals surface area contributed by atoms with Gasteiger partial charge in [0.25, 0.3) is 0 Å². The van der Waals surface area contributed by atoms with E-state index in [-0.39, 0.29) is 0 Å². The Kier molecular flexibility index (Phi) is 6.35. The zero-order valence-electron chi connectivity index (χ0n) is 24.9. The molecule has 7 aromatic carbocycles. The first-order valence-corrected chi connectivity index (χ1v) is 17.2. The molecule has 0 heterocycles. The Balaban J connectivity index is 1.42. The van der Waals surface area contributed by atoms with E-state index in [0.29, 0.717) is 0 Å². The summed E-state index contributed by atoms with van der Waals surface area (Å²) in [5.74, 6) is 0. The predicted octanol–water partition coefficient (Wildman–Crippen LogP) is 11.9. The fraction of sp³-hybridized carbons (Fsp3) is 0.0455. The standard InChI is InChI=1S/C44H28Br2/c45-33-16-10-14-31(27-33)43(39-22-5-1-18-35(39)36-19-2-6-23-40(36)43)29-12-9-13-30(26-29)44(32-15-11-17-34(46)28-32)41-24-7-3-20-37(41)38-21-4-8-25-42(38)44/h1-28H. The van der Waals surface area contributed by atoms with E-state index >= 15 is 0 Å². The van der Waals surface area contributed by atoms with Crippen molar-refractivity contribution < 1.29 is 0 Å². The molecular weight excluding hydrogens is 688 g/mol. The van der Waals surface area contributed by atoms with Crippen LogP contribution in [-0.2, 0) is 10.8 Å². The summed E-state index contributed by atoms with van der Waals surface area (Å²) in [5.41, 5.74) is 14.5. The summed E-state index contributed by atoms with van der Waals surface area (Å²) >= 11 is 7.66. The SMILES string of the molecule is Brc1cccc(C2(c3cccc(C4(c5cccc(Br)c5)c5ccccc5-c5ccccc54)c3)c3ccccc3-c3ccccc32)c1. The lowest BCUT2D eigenvalue weighted by atomic mass is 9.64. The van der Waals surface area contributed by atoms with Crippen LogP contribution >= 0.6 is 31.9 Å². The monoisotopic (exact) mass is 714 g/mol. The Morgan fingerprint density at radius 2 is 0.565 bits per heavy atom. The molecule has 218 valence electrons. The Morgan fingerprint density at radius 1 is 0.283 bits per heavy atom. The molecule has 0 amide bonds. The third-order valence-corrected chi connectivity index (χ3v) is 11.1. The Hall–Kier alpha value is -4.50. The van der Waals surface area contributed by atoms with Gasteiger partial charge in [-0.15, -0.1) is 0 Å². The third kappa shape index (κ3) is 3.72. The van der Waals surface area contributed by atoms with Crippen LogP contribution in [0.5, 0.6) is 0 Å². The molecule has 0 fully saturated rings. The molecule has 0 unspecified atom stereocenters. The molecule has 0 N–H and O–H groups in total. The van der Waals surface area contributed by atoms with Crippen LogP contribution in [0.1, 0.15) is 44.5 Å². The summed E-state index contributed by atoms with van der Waals surface area (Å²) in [7, 11) is 0. The molecule has 0 nitrogen and oxygen atoms in total. The van der Waals surface area contributed by atoms with Gasteiger partial charge in [0.15, 0.2) is 0 Å². The average Bonchev–Trinajstić information content (AvgIpc) is 3.58. The second kappa shape index (κ2) is 10.5. The first-order chi connectivity index (χ1) is 22.6. The van der Waals surface area contributed by atoms with Crippen molar-refractivity contribution in [1.82, 2.24) is 0 Å². The smallest absolute Gasteiger partial charge is 0.0619 e. The zero-order chi connectivity index (χ0) is 30.9. The minimum atomic E-state index is -0.497. The lowest BCUT2D eigenvalue weighted by molar-refractivity contribution is 0.739. The molecule has 2 heteroatoms. The third-order valence-electron chi connectivity index (χ3n) is 10.1. The maximum Gasteiger partial charge on any atom is 0.0714 e. The summed E-state index contributed by atoms with van der Waals surface area (Å²) in [4.78, 5) is 0. The highest BCUT2D eigenvalue weighted by molar-refractivity contribution is 9.10. The summed E-state index contributed by atoms with van der Waals surface area (Å²) in [6.45, 7) is 0. The van der Waals surface area contributed by atoms with Crippen molar-refractivity contribution in [3.8, 4) is 22.3 Å². The first-order valence-electron chi connectivity index (χ1n) is 15.7. The highest BCUT2D eigenvalue weighted by Crippen LogP contribution is 2.59. The van der Waals surface area contributed by atoms with Crippen molar-refractivity contribution in [2.24, 2.45) is 0 Å². The Bertz CT molecular complexity index is 2060. The van der Waals surface area contributed by atoms with Crippen LogP contribution < -0.4 is 0 Å². The van der Waals surface area contributed by atoms with Gasteiger partial charge in [-0.25, -0.2) is 0 Å². The topological polar surface area (TPSA) is 0 Å². The number of fused-ring (bicyclic) bond motifs is 6. The molecule has 0 bridgehead atoms. The normalized spacial score (nSPS) is 14.7. The maximum absolute atomic E-state index is 3.83. The number of rotatable bonds is 4. The highest BCUT2D eigenvalue weighted by atomic mass is 79.9. The van der Waals surface area contributed by atoms with Crippen LogP contribution in [0.2, 0.25) is 0 Å². The van der Waals surface area contributed by atoms with Crippen LogP contribution in [0, 0.1) is 0 Å². The quantitative estimate of drug-likeness (QED) is 0.170. The summed E-state index contributed by atoms with van der Waals surface area (Å²) in [5, 5.41) is 0. The van der Waals surface area contributed by atoms with Gasteiger partial charge in [-0.2, -0.15) is 0 Å². The molecule has 0 aromatic heterocycles. The average molecular weight is 717 g/mol. The minimum absolute atomic E-state index is 0.497. The van der Waals surface area contributed by atoms with Gasteiger partial charge in [0, 0.05) is 8.95 Å². The van der Waals surface area contributed by atoms with Crippen molar-refractivity contribution in [1.29, 1.82) is 0 Å². The second-order valence-electron chi connectivity index (χ2n) is 12.3. The number of hydrogen-bond donors (Lipinski definition) is 0. The minimum Gasteiger partial charge on any atom is -0.0619 e. The van der Waals surface area contributed by atoms with E-state index < -0.39 is 10.8 Å². The predicted molar refractivity (Wildman–Crippen MR) is 196 cm³/mol. The maximum atomic E-state index is 3.83. The lowest BCUT2D eigenvalue weighted by Gasteiger charge is -2.37. The van der Waals surface area contributed by atoms with Gasteiger partial charge in [-0.05, 0) is 91.0 Å². The van der Waals surface area contributed by atoms with Crippen molar-refractivity contribution in [3.63, 3.8) is 0 Å². The van der Waals surface area contributed by atoms with Gasteiger partial charge in [0.1, 0.15) is 0 Å². The van der Waals surface area contributed by atoms with Gasteiger partial charge in [0.05, 0.1) is 10.8 Å². The van der Waals surface area contributed by atoms with Gasteiger partial charge in [0.2, 0.25) is 0 Å². The highest BCUT2D eigenvalue weighted by Gasteiger charge is 2.49. The molecule has 0 radical (unpaired) electrons. The van der Waals surface area contributed by atoms with Crippen LogP contribution in [-0.4, -0.2) is 0 Å². The summed E-state index contributed by atoms with van der Waals surface area (Å²) in [6, 6.07) is 63.1. The van der Waals surface area contributed by atoms with E-state index in [0.717, 1.165) is 8.95 Å². The van der Waals surface area contributed by atoms with Crippen LogP contribution in [0.15, 0.2) is 179 Å². The van der Waals surface area contributed by atoms with Gasteiger partial charge >= 0.3 is 0 Å². The molecule has 2 aliphatic rings. The summed E-state index contributed by atoms with van der Waals surface area (Å²) in [6.07, 6.45) is 0. The van der Waals surface area contributed by atoms with Crippen LogP contribution in [0.4, 0.5) is 0 Å². The molecule has 0 aliphatic heterocycles. The van der Waals surface area contributed by atoms with Crippen LogP contribution in [0.25, 0.3) is 22.3 Å². The van der Waals surface area contributed by atoms with Gasteiger partial charge in [-0.3, -0.25) is 0 Å². The number of halogens is 2. The molecule has 0 atom stereocenters. The summed E-state index contributed by atoms with van der Waals surface area (Å²) < 4.78 is 2.15. The van der Waals surface area contributed by atoms with Crippen molar-refractivity contribution in [2.75, 3.05) is 0 Å². The molecule has 0 spiro atoms. The molecule has 7 aromatic rings. The number of hydrogen-bond acceptors (Lipinski definition) is 0. The molecule has 0 saturated heterocycles. The van der Waals surface area contributed by atoms with Gasteiger partial charge in [-0.1, -0.05) is 177 Å². The van der Waals surface area contributed by atoms with Crippen LogP contribution in [0.3, 0.4) is 0 Å². The number of benzene rings is 7. The van der Waals surface area contributed by atoms with E-state index in [1.165, 1.54) is 66.8 Å². The molecule has 46 heavy (non-hydrogen) atoms. The van der Waals surface area contributed by atoms with Crippen molar-refractivity contribution in [2.45, 2.75) is 10.8 Å². The first kappa shape index (κ1) is 27.8. The fourth-order valence-corrected chi connectivity index (χ4v) is 9.28. The largest absolute Gasteiger partial charge is 0.0714 e. The molecular formula is C44H28Br2. The zero-order valence-corrected chi connectivity index (χ0v) is 28.1. The van der Waals surface area contributed by atoms with E-state index in [4.69, 9.17) is 0 Å². The van der Waals surface area contributed by atoms with Crippen molar-refractivity contribution >= 4 is 31.9 Å². The molecule has 2 aliphatic carbocycles. The fourth-order valence-electron chi connectivity index (χ4n) is 8.48. The van der Waals surface area contributed by atoms with E-state index in [2.05, 4.69) is 202 Å². The van der Waals surface area contributed by atoms with Crippen molar-refractivity contribution in [3.05, 3.63) is 223 Å². The molecule has 9 rings (SSSR count). The second-order valence-corrected chi connectivity index (χ2v) is 14.1. The van der Waals surface area contributed by atoms with E-state index in [1.54, 1.807) is 0 Å². The van der Waals surface area contributed by atoms with Gasteiger partial charge < -0.3 is 0 Å². The molecule has 0 saturated carbocycles. The Labute approximate surface area is 286 Å². The lowest BCUT2D eigenvalue weighted by Crippen LogP contribution is -2.32. The Morgan fingerprint density at radius 3 is 0.891 bits per heavy atom. The van der Waals surface area contributed by atoms with E-state index in [1.807, 2.05) is 0 Å². The van der Waals surface area contributed by atoms with E-state index in [9.17, 15) is 0 Å².